The zero-order chi connectivity index (χ0) is 13.5. The Morgan fingerprint density at radius 3 is 2.84 bits per heavy atom. The van der Waals surface area contributed by atoms with E-state index in [4.69, 9.17) is 4.74 Å². The molecule has 0 saturated heterocycles. The average molecular weight is 261 g/mol. The fourth-order valence-electron chi connectivity index (χ4n) is 2.48. The number of hydrogen-bond acceptors (Lipinski definition) is 3. The van der Waals surface area contributed by atoms with Crippen LogP contribution in [0.5, 0.6) is 5.75 Å². The Morgan fingerprint density at radius 2 is 2.11 bits per heavy atom. The summed E-state index contributed by atoms with van der Waals surface area (Å²) in [5.74, 6) is 0.685. The van der Waals surface area contributed by atoms with Crippen molar-refractivity contribution < 1.29 is 9.53 Å². The van der Waals surface area contributed by atoms with Gasteiger partial charge < -0.3 is 10.1 Å². The fraction of sp³-hybridized carbons (Fsp3) is 0.562. The third kappa shape index (κ3) is 4.27. The van der Waals surface area contributed by atoms with Crippen LogP contribution >= 0.6 is 0 Å². The third-order valence-electron chi connectivity index (χ3n) is 3.57. The molecule has 1 fully saturated rings. The summed E-state index contributed by atoms with van der Waals surface area (Å²) in [7, 11) is 0. The lowest BCUT2D eigenvalue weighted by Crippen LogP contribution is -2.22. The number of ether oxygens (including phenoxy) is 1. The van der Waals surface area contributed by atoms with Crippen molar-refractivity contribution in [1.82, 2.24) is 0 Å². The van der Waals surface area contributed by atoms with E-state index in [1.54, 1.807) is 0 Å². The van der Waals surface area contributed by atoms with E-state index in [9.17, 15) is 4.79 Å². The molecule has 3 heteroatoms. The van der Waals surface area contributed by atoms with Crippen LogP contribution in [-0.4, -0.2) is 12.5 Å². The average Bonchev–Trinajstić information content (AvgIpc) is 2.46. The Morgan fingerprint density at radius 1 is 1.32 bits per heavy atom. The van der Waals surface area contributed by atoms with Crippen LogP contribution in [-0.2, 0) is 4.79 Å². The minimum atomic E-state index is -0.0626. The van der Waals surface area contributed by atoms with Crippen LogP contribution in [0, 0.1) is 5.92 Å². The molecule has 1 aromatic carbocycles. The summed E-state index contributed by atoms with van der Waals surface area (Å²) in [4.78, 5) is 12.1. The maximum absolute atomic E-state index is 12.1. The maximum Gasteiger partial charge on any atom is 0.314 e. The van der Waals surface area contributed by atoms with Gasteiger partial charge in [-0.3, -0.25) is 4.79 Å². The predicted octanol–water partition coefficient (Wildman–Crippen LogP) is 3.99. The first kappa shape index (κ1) is 13.9. The molecule has 0 bridgehead atoms. The molecule has 0 aromatic heterocycles. The third-order valence-corrected chi connectivity index (χ3v) is 3.57. The second kappa shape index (κ2) is 7.17. The Hall–Kier alpha value is -1.51. The molecule has 1 aliphatic rings. The van der Waals surface area contributed by atoms with E-state index in [1.807, 2.05) is 24.3 Å². The fourth-order valence-corrected chi connectivity index (χ4v) is 2.48. The van der Waals surface area contributed by atoms with E-state index in [0.717, 1.165) is 44.3 Å². The van der Waals surface area contributed by atoms with Gasteiger partial charge in [-0.2, -0.15) is 0 Å². The number of carbonyl (C=O) groups excluding carboxylic acids is 1. The summed E-state index contributed by atoms with van der Waals surface area (Å²) in [5.41, 5.74) is 1.01. The molecule has 0 atom stereocenters. The molecule has 1 aliphatic carbocycles. The number of carbonyl (C=O) groups is 1. The largest absolute Gasteiger partial charge is 0.426 e. The topological polar surface area (TPSA) is 38.3 Å². The van der Waals surface area contributed by atoms with Crippen molar-refractivity contribution in [3.8, 4) is 5.75 Å². The second-order valence-corrected chi connectivity index (χ2v) is 5.21. The monoisotopic (exact) mass is 261 g/mol. The molecule has 0 heterocycles. The summed E-state index contributed by atoms with van der Waals surface area (Å²) in [6.45, 7) is 3.06. The summed E-state index contributed by atoms with van der Waals surface area (Å²) >= 11 is 0. The van der Waals surface area contributed by atoms with Crippen molar-refractivity contribution in [3.05, 3.63) is 24.3 Å². The number of benzene rings is 1. The summed E-state index contributed by atoms with van der Waals surface area (Å²) < 4.78 is 5.50. The van der Waals surface area contributed by atoms with E-state index >= 15 is 0 Å². The highest BCUT2D eigenvalue weighted by molar-refractivity contribution is 5.75. The van der Waals surface area contributed by atoms with E-state index in [1.165, 1.54) is 6.42 Å². The van der Waals surface area contributed by atoms with Gasteiger partial charge in [0.15, 0.2) is 0 Å². The van der Waals surface area contributed by atoms with Gasteiger partial charge in [-0.05, 0) is 31.4 Å². The lowest BCUT2D eigenvalue weighted by atomic mass is 9.89. The predicted molar refractivity (Wildman–Crippen MR) is 77.4 cm³/mol. The van der Waals surface area contributed by atoms with Crippen LogP contribution < -0.4 is 10.1 Å². The molecule has 1 N–H and O–H groups in total. The lowest BCUT2D eigenvalue weighted by molar-refractivity contribution is -0.139. The zero-order valence-electron chi connectivity index (χ0n) is 11.7. The van der Waals surface area contributed by atoms with Gasteiger partial charge in [0.1, 0.15) is 5.75 Å². The van der Waals surface area contributed by atoms with Gasteiger partial charge >= 0.3 is 5.97 Å². The summed E-state index contributed by atoms with van der Waals surface area (Å²) in [6.07, 6.45) is 6.58. The molecule has 0 unspecified atom stereocenters. The van der Waals surface area contributed by atoms with Crippen LogP contribution in [0.15, 0.2) is 24.3 Å². The number of rotatable bonds is 5. The molecule has 104 valence electrons. The Balaban J connectivity index is 1.92. The van der Waals surface area contributed by atoms with E-state index in [2.05, 4.69) is 12.2 Å². The normalized spacial score (nSPS) is 16.1. The molecule has 0 amide bonds. The van der Waals surface area contributed by atoms with Gasteiger partial charge in [0, 0.05) is 18.3 Å². The molecule has 3 nitrogen and oxygen atoms in total. The SMILES string of the molecule is CCCNc1cccc(OC(=O)C2CCCCC2)c1. The van der Waals surface area contributed by atoms with Gasteiger partial charge in [-0.15, -0.1) is 0 Å². The van der Waals surface area contributed by atoms with Crippen molar-refractivity contribution >= 4 is 11.7 Å². The quantitative estimate of drug-likeness (QED) is 0.643. The van der Waals surface area contributed by atoms with Crippen LogP contribution in [0.25, 0.3) is 0 Å². The summed E-state index contributed by atoms with van der Waals surface area (Å²) in [5, 5.41) is 3.30. The number of anilines is 1. The van der Waals surface area contributed by atoms with E-state index in [0.29, 0.717) is 5.75 Å². The van der Waals surface area contributed by atoms with Gasteiger partial charge in [0.25, 0.3) is 0 Å². The molecule has 0 aliphatic heterocycles. The Labute approximate surface area is 115 Å². The summed E-state index contributed by atoms with van der Waals surface area (Å²) in [6, 6.07) is 7.66. The molecule has 19 heavy (non-hydrogen) atoms. The van der Waals surface area contributed by atoms with Gasteiger partial charge in [-0.1, -0.05) is 32.3 Å². The highest BCUT2D eigenvalue weighted by Gasteiger charge is 2.22. The smallest absolute Gasteiger partial charge is 0.314 e. The Bertz CT molecular complexity index is 411. The highest BCUT2D eigenvalue weighted by Crippen LogP contribution is 2.26. The maximum atomic E-state index is 12.1. The standard InChI is InChI=1S/C16H23NO2/c1-2-11-17-14-9-6-10-15(12-14)19-16(18)13-7-4-3-5-8-13/h6,9-10,12-13,17H,2-5,7-8,11H2,1H3. The molecular weight excluding hydrogens is 238 g/mol. The van der Waals surface area contributed by atoms with Gasteiger partial charge in [-0.25, -0.2) is 0 Å². The van der Waals surface area contributed by atoms with Gasteiger partial charge in [0.05, 0.1) is 5.92 Å². The van der Waals surface area contributed by atoms with E-state index < -0.39 is 0 Å². The van der Waals surface area contributed by atoms with E-state index in [-0.39, 0.29) is 11.9 Å². The van der Waals surface area contributed by atoms with Crippen LogP contribution in [0.3, 0.4) is 0 Å². The first-order valence-corrected chi connectivity index (χ1v) is 7.35. The lowest BCUT2D eigenvalue weighted by Gasteiger charge is -2.19. The first-order valence-electron chi connectivity index (χ1n) is 7.35. The highest BCUT2D eigenvalue weighted by atomic mass is 16.5. The minimum Gasteiger partial charge on any atom is -0.426 e. The number of hydrogen-bond donors (Lipinski definition) is 1. The zero-order valence-corrected chi connectivity index (χ0v) is 11.7. The molecule has 0 spiro atoms. The first-order chi connectivity index (χ1) is 9.29. The van der Waals surface area contributed by atoms with Crippen molar-refractivity contribution in [3.63, 3.8) is 0 Å². The van der Waals surface area contributed by atoms with Crippen molar-refractivity contribution in [2.75, 3.05) is 11.9 Å². The van der Waals surface area contributed by atoms with Crippen molar-refractivity contribution in [1.29, 1.82) is 0 Å². The number of nitrogens with one attached hydrogen (secondary N) is 1. The molecule has 1 saturated carbocycles. The van der Waals surface area contributed by atoms with Crippen LogP contribution in [0.1, 0.15) is 45.4 Å². The van der Waals surface area contributed by atoms with Crippen molar-refractivity contribution in [2.24, 2.45) is 5.92 Å². The Kier molecular flexibility index (Phi) is 5.25. The molecule has 0 radical (unpaired) electrons. The van der Waals surface area contributed by atoms with Crippen molar-refractivity contribution in [2.45, 2.75) is 45.4 Å². The molecule has 1 aromatic rings. The molecular formula is C16H23NO2. The van der Waals surface area contributed by atoms with Crippen LogP contribution in [0.2, 0.25) is 0 Å². The number of esters is 1. The second-order valence-electron chi connectivity index (χ2n) is 5.21. The minimum absolute atomic E-state index is 0.0626. The van der Waals surface area contributed by atoms with Crippen LogP contribution in [0.4, 0.5) is 5.69 Å². The molecule has 2 rings (SSSR count). The van der Waals surface area contributed by atoms with Gasteiger partial charge in [0.2, 0.25) is 0 Å².